The van der Waals surface area contributed by atoms with Gasteiger partial charge in [-0.1, -0.05) is 5.16 Å². The lowest BCUT2D eigenvalue weighted by atomic mass is 10.2. The minimum Gasteiger partial charge on any atom is -0.497 e. The number of hydrogen-bond donors (Lipinski definition) is 1. The summed E-state index contributed by atoms with van der Waals surface area (Å²) in [6.45, 7) is 4.20. The van der Waals surface area contributed by atoms with Gasteiger partial charge in [-0.15, -0.1) is 0 Å². The van der Waals surface area contributed by atoms with E-state index in [0.29, 0.717) is 31.2 Å². The van der Waals surface area contributed by atoms with Crippen molar-refractivity contribution in [2.45, 2.75) is 19.4 Å². The Hall–Kier alpha value is -2.45. The number of amides is 1. The molecule has 1 fully saturated rings. The van der Waals surface area contributed by atoms with Crippen LogP contribution < -0.4 is 10.5 Å². The fourth-order valence-electron chi connectivity index (χ4n) is 2.93. The Morgan fingerprint density at radius 2 is 1.96 bits per heavy atom. The van der Waals surface area contributed by atoms with Crippen LogP contribution in [0.15, 0.2) is 28.8 Å². The van der Waals surface area contributed by atoms with Crippen LogP contribution in [0.3, 0.4) is 0 Å². The van der Waals surface area contributed by atoms with Crippen LogP contribution in [0.1, 0.15) is 18.7 Å². The summed E-state index contributed by atoms with van der Waals surface area (Å²) >= 11 is 0. The van der Waals surface area contributed by atoms with E-state index in [1.807, 2.05) is 29.2 Å². The lowest BCUT2D eigenvalue weighted by Gasteiger charge is -2.34. The molecular weight excluding hydrogens is 334 g/mol. The zero-order chi connectivity index (χ0) is 18.4. The molecular formula is C18H25N5O3. The summed E-state index contributed by atoms with van der Waals surface area (Å²) in [4.78, 5) is 20.6. The van der Waals surface area contributed by atoms with Gasteiger partial charge in [0.2, 0.25) is 17.6 Å². The summed E-state index contributed by atoms with van der Waals surface area (Å²) < 4.78 is 10.5. The second-order valence-corrected chi connectivity index (χ2v) is 6.29. The first-order valence-electron chi connectivity index (χ1n) is 8.87. The molecule has 8 nitrogen and oxygen atoms in total. The van der Waals surface area contributed by atoms with E-state index in [-0.39, 0.29) is 5.91 Å². The van der Waals surface area contributed by atoms with Gasteiger partial charge in [0.05, 0.1) is 13.7 Å². The predicted molar refractivity (Wildman–Crippen MR) is 96.4 cm³/mol. The SMILES string of the molecule is COc1ccc(-c2noc(CN3CCN(C(=O)CCCN)CC3)n2)cc1. The zero-order valence-electron chi connectivity index (χ0n) is 15.1. The van der Waals surface area contributed by atoms with E-state index in [1.165, 1.54) is 0 Å². The molecule has 0 radical (unpaired) electrons. The highest BCUT2D eigenvalue weighted by molar-refractivity contribution is 5.76. The fraction of sp³-hybridized carbons (Fsp3) is 0.500. The van der Waals surface area contributed by atoms with Crippen LogP contribution in [0.5, 0.6) is 5.75 Å². The number of carbonyl (C=O) groups is 1. The Kier molecular flexibility index (Phi) is 6.19. The van der Waals surface area contributed by atoms with Gasteiger partial charge in [-0.05, 0) is 37.2 Å². The number of carbonyl (C=O) groups excluding carboxylic acids is 1. The summed E-state index contributed by atoms with van der Waals surface area (Å²) in [7, 11) is 1.63. The number of nitrogens with zero attached hydrogens (tertiary/aromatic N) is 4. The second-order valence-electron chi connectivity index (χ2n) is 6.29. The van der Waals surface area contributed by atoms with E-state index in [2.05, 4.69) is 15.0 Å². The van der Waals surface area contributed by atoms with Gasteiger partial charge in [0.1, 0.15) is 5.75 Å². The number of nitrogens with two attached hydrogens (primary N) is 1. The predicted octanol–water partition coefficient (Wildman–Crippen LogP) is 1.13. The first-order valence-corrected chi connectivity index (χ1v) is 8.87. The number of rotatable bonds is 7. The third kappa shape index (κ3) is 4.59. The van der Waals surface area contributed by atoms with Crippen molar-refractivity contribution in [2.75, 3.05) is 39.8 Å². The van der Waals surface area contributed by atoms with Gasteiger partial charge >= 0.3 is 0 Å². The molecule has 0 aliphatic carbocycles. The molecule has 0 atom stereocenters. The van der Waals surface area contributed by atoms with Crippen LogP contribution in [0.2, 0.25) is 0 Å². The van der Waals surface area contributed by atoms with Crippen LogP contribution in [-0.4, -0.2) is 65.7 Å². The van der Waals surface area contributed by atoms with E-state index in [1.54, 1.807) is 7.11 Å². The summed E-state index contributed by atoms with van der Waals surface area (Å²) in [6.07, 6.45) is 1.28. The lowest BCUT2D eigenvalue weighted by molar-refractivity contribution is -0.133. The smallest absolute Gasteiger partial charge is 0.241 e. The topological polar surface area (TPSA) is 97.7 Å². The highest BCUT2D eigenvalue weighted by Gasteiger charge is 2.22. The third-order valence-corrected chi connectivity index (χ3v) is 4.49. The van der Waals surface area contributed by atoms with Crippen LogP contribution in [0.25, 0.3) is 11.4 Å². The molecule has 0 saturated carbocycles. The van der Waals surface area contributed by atoms with Crippen LogP contribution in [-0.2, 0) is 11.3 Å². The maximum Gasteiger partial charge on any atom is 0.241 e. The van der Waals surface area contributed by atoms with Crippen molar-refractivity contribution < 1.29 is 14.1 Å². The molecule has 0 spiro atoms. The molecule has 1 aliphatic rings. The standard InChI is InChI=1S/C18H25N5O3/c1-25-15-6-4-14(5-7-15)18-20-16(26-21-18)13-22-9-11-23(12-10-22)17(24)3-2-8-19/h4-7H,2-3,8-13,19H2,1H3. The van der Waals surface area contributed by atoms with Crippen molar-refractivity contribution >= 4 is 5.91 Å². The largest absolute Gasteiger partial charge is 0.497 e. The normalized spacial score (nSPS) is 15.2. The van der Waals surface area contributed by atoms with Gasteiger partial charge in [0.25, 0.3) is 0 Å². The Morgan fingerprint density at radius 3 is 2.62 bits per heavy atom. The summed E-state index contributed by atoms with van der Waals surface area (Å²) in [5.74, 6) is 2.13. The molecule has 2 heterocycles. The molecule has 140 valence electrons. The molecule has 8 heteroatoms. The molecule has 1 amide bonds. The second kappa shape index (κ2) is 8.77. The van der Waals surface area contributed by atoms with Crippen molar-refractivity contribution in [3.05, 3.63) is 30.2 Å². The number of ether oxygens (including phenoxy) is 1. The van der Waals surface area contributed by atoms with Crippen molar-refractivity contribution in [1.82, 2.24) is 19.9 Å². The van der Waals surface area contributed by atoms with Crippen molar-refractivity contribution in [3.8, 4) is 17.1 Å². The molecule has 0 unspecified atom stereocenters. The molecule has 3 rings (SSSR count). The van der Waals surface area contributed by atoms with E-state index in [4.69, 9.17) is 15.0 Å². The Labute approximate surface area is 152 Å². The molecule has 1 aromatic heterocycles. The number of aromatic nitrogens is 2. The zero-order valence-corrected chi connectivity index (χ0v) is 15.1. The van der Waals surface area contributed by atoms with Gasteiger partial charge < -0.3 is 19.9 Å². The number of piperazine rings is 1. The van der Waals surface area contributed by atoms with Crippen LogP contribution in [0.4, 0.5) is 0 Å². The third-order valence-electron chi connectivity index (χ3n) is 4.49. The summed E-state index contributed by atoms with van der Waals surface area (Å²) in [5.41, 5.74) is 6.35. The molecule has 1 aromatic carbocycles. The summed E-state index contributed by atoms with van der Waals surface area (Å²) in [5, 5.41) is 4.05. The minimum absolute atomic E-state index is 0.190. The maximum atomic E-state index is 12.0. The van der Waals surface area contributed by atoms with Crippen LogP contribution >= 0.6 is 0 Å². The molecule has 2 aromatic rings. The van der Waals surface area contributed by atoms with Crippen molar-refractivity contribution in [3.63, 3.8) is 0 Å². The van der Waals surface area contributed by atoms with Gasteiger partial charge in [0, 0.05) is 38.2 Å². The monoisotopic (exact) mass is 359 g/mol. The first kappa shape index (κ1) is 18.3. The molecule has 26 heavy (non-hydrogen) atoms. The Bertz CT molecular complexity index is 708. The fourth-order valence-corrected chi connectivity index (χ4v) is 2.93. The quantitative estimate of drug-likeness (QED) is 0.791. The number of hydrogen-bond acceptors (Lipinski definition) is 7. The number of benzene rings is 1. The minimum atomic E-state index is 0.190. The molecule has 1 aliphatic heterocycles. The van der Waals surface area contributed by atoms with E-state index in [9.17, 15) is 4.79 Å². The van der Waals surface area contributed by atoms with Gasteiger partial charge in [-0.25, -0.2) is 0 Å². The van der Waals surface area contributed by atoms with Crippen LogP contribution in [0, 0.1) is 0 Å². The average molecular weight is 359 g/mol. The van der Waals surface area contributed by atoms with E-state index >= 15 is 0 Å². The van der Waals surface area contributed by atoms with Gasteiger partial charge in [-0.2, -0.15) is 4.98 Å². The Balaban J connectivity index is 1.51. The summed E-state index contributed by atoms with van der Waals surface area (Å²) in [6, 6.07) is 7.54. The average Bonchev–Trinajstić information content (AvgIpc) is 3.15. The van der Waals surface area contributed by atoms with E-state index < -0.39 is 0 Å². The van der Waals surface area contributed by atoms with Gasteiger partial charge in [0.15, 0.2) is 0 Å². The maximum absolute atomic E-state index is 12.0. The van der Waals surface area contributed by atoms with E-state index in [0.717, 1.165) is 43.9 Å². The first-order chi connectivity index (χ1) is 12.7. The molecule has 0 bridgehead atoms. The highest BCUT2D eigenvalue weighted by Crippen LogP contribution is 2.20. The lowest BCUT2D eigenvalue weighted by Crippen LogP contribution is -2.48. The molecule has 1 saturated heterocycles. The Morgan fingerprint density at radius 1 is 1.23 bits per heavy atom. The molecule has 2 N–H and O–H groups in total. The van der Waals surface area contributed by atoms with Crippen molar-refractivity contribution in [2.24, 2.45) is 5.73 Å². The van der Waals surface area contributed by atoms with Crippen molar-refractivity contribution in [1.29, 1.82) is 0 Å². The number of methoxy groups -OCH3 is 1. The highest BCUT2D eigenvalue weighted by atomic mass is 16.5. The van der Waals surface area contributed by atoms with Gasteiger partial charge in [-0.3, -0.25) is 9.69 Å².